The Morgan fingerprint density at radius 2 is 1.23 bits per heavy atom. The Labute approximate surface area is 165 Å². The predicted octanol–water partition coefficient (Wildman–Crippen LogP) is 7.21. The first-order valence-electron chi connectivity index (χ1n) is 11.7. The molecule has 0 atom stereocenters. The van der Waals surface area contributed by atoms with Gasteiger partial charge in [-0.25, -0.2) is 0 Å². The molecule has 0 unspecified atom stereocenters. The highest BCUT2D eigenvalue weighted by molar-refractivity contribution is 4.73. The van der Waals surface area contributed by atoms with Crippen LogP contribution in [-0.2, 0) is 4.74 Å². The maximum Gasteiger partial charge on any atom is 0.0603 e. The Morgan fingerprint density at radius 3 is 1.69 bits per heavy atom. The fourth-order valence-corrected chi connectivity index (χ4v) is 4.06. The monoisotopic (exact) mass is 367 g/mol. The molecule has 0 N–H and O–H groups in total. The van der Waals surface area contributed by atoms with Gasteiger partial charge in [-0.15, -0.1) is 0 Å². The van der Waals surface area contributed by atoms with Crippen molar-refractivity contribution in [3.05, 3.63) is 0 Å². The molecular formula is C24H49NO. The number of hydrogen-bond acceptors (Lipinski definition) is 2. The van der Waals surface area contributed by atoms with Crippen LogP contribution in [0.2, 0.25) is 0 Å². The highest BCUT2D eigenvalue weighted by atomic mass is 16.5. The third-order valence-electron chi connectivity index (χ3n) is 5.65. The topological polar surface area (TPSA) is 12.5 Å². The zero-order valence-corrected chi connectivity index (χ0v) is 18.8. The molecule has 1 aliphatic rings. The molecule has 1 rings (SSSR count). The van der Waals surface area contributed by atoms with Gasteiger partial charge in [0.1, 0.15) is 0 Å². The summed E-state index contributed by atoms with van der Waals surface area (Å²) in [7, 11) is 0. The van der Waals surface area contributed by atoms with Crippen molar-refractivity contribution >= 4 is 0 Å². The first kappa shape index (κ1) is 24.0. The minimum atomic E-state index is 0.384. The highest BCUT2D eigenvalue weighted by Crippen LogP contribution is 2.22. The van der Waals surface area contributed by atoms with Gasteiger partial charge in [0.15, 0.2) is 0 Å². The molecule has 156 valence electrons. The van der Waals surface area contributed by atoms with E-state index in [0.29, 0.717) is 17.6 Å². The fourth-order valence-electron chi connectivity index (χ4n) is 4.06. The maximum atomic E-state index is 5.94. The number of likely N-dealkylation sites (tertiary alicyclic amines) is 1. The molecule has 0 aromatic rings. The molecule has 0 radical (unpaired) electrons. The van der Waals surface area contributed by atoms with E-state index in [1.807, 2.05) is 0 Å². The van der Waals surface area contributed by atoms with Gasteiger partial charge in [-0.2, -0.15) is 0 Å². The molecule has 0 spiro atoms. The molecule has 1 saturated heterocycles. The van der Waals surface area contributed by atoms with Crippen molar-refractivity contribution in [3.8, 4) is 0 Å². The van der Waals surface area contributed by atoms with Crippen LogP contribution in [0.1, 0.15) is 118 Å². The van der Waals surface area contributed by atoms with E-state index in [0.717, 1.165) is 0 Å². The first-order valence-corrected chi connectivity index (χ1v) is 11.7. The summed E-state index contributed by atoms with van der Waals surface area (Å²) < 4.78 is 5.94. The summed E-state index contributed by atoms with van der Waals surface area (Å²) in [5, 5.41) is 0. The van der Waals surface area contributed by atoms with E-state index in [9.17, 15) is 0 Å². The molecule has 1 heterocycles. The molecule has 0 aromatic heterocycles. The third kappa shape index (κ3) is 14.0. The van der Waals surface area contributed by atoms with Crippen LogP contribution in [0.5, 0.6) is 0 Å². The first-order chi connectivity index (χ1) is 12.4. The van der Waals surface area contributed by atoms with E-state index in [4.69, 9.17) is 4.74 Å². The molecule has 0 amide bonds. The fraction of sp³-hybridized carbons (Fsp3) is 1.00. The Morgan fingerprint density at radius 1 is 0.769 bits per heavy atom. The van der Waals surface area contributed by atoms with Crippen molar-refractivity contribution in [2.45, 2.75) is 130 Å². The largest absolute Gasteiger partial charge is 0.375 e. The van der Waals surface area contributed by atoms with Crippen LogP contribution in [-0.4, -0.2) is 36.7 Å². The number of rotatable bonds is 14. The molecule has 26 heavy (non-hydrogen) atoms. The Hall–Kier alpha value is -0.0800. The predicted molar refractivity (Wildman–Crippen MR) is 116 cm³/mol. The number of piperidine rings is 1. The number of ether oxygens (including phenoxy) is 1. The molecule has 0 aromatic carbocycles. The van der Waals surface area contributed by atoms with Crippen LogP contribution < -0.4 is 0 Å². The lowest BCUT2D eigenvalue weighted by atomic mass is 9.89. The molecule has 0 bridgehead atoms. The standard InChI is InChI=1S/C24H49NO/c1-22(2)26-23-16-20-25(21-17-23)19-15-13-11-9-7-6-8-10-12-14-18-24(3,4)5/h22-23H,6-21H2,1-5H3. The van der Waals surface area contributed by atoms with Crippen molar-refractivity contribution < 1.29 is 4.74 Å². The van der Waals surface area contributed by atoms with Gasteiger partial charge < -0.3 is 9.64 Å². The minimum Gasteiger partial charge on any atom is -0.375 e. The number of nitrogens with zero attached hydrogens (tertiary/aromatic N) is 1. The molecule has 1 fully saturated rings. The van der Waals surface area contributed by atoms with Gasteiger partial charge in [-0.3, -0.25) is 0 Å². The lowest BCUT2D eigenvalue weighted by Gasteiger charge is -2.32. The quantitative estimate of drug-likeness (QED) is 0.301. The Balaban J connectivity index is 1.80. The average Bonchev–Trinajstić information content (AvgIpc) is 2.56. The van der Waals surface area contributed by atoms with E-state index >= 15 is 0 Å². The van der Waals surface area contributed by atoms with Gasteiger partial charge in [0.2, 0.25) is 0 Å². The zero-order chi connectivity index (χ0) is 19.3. The summed E-state index contributed by atoms with van der Waals surface area (Å²) in [5.41, 5.74) is 0.526. The summed E-state index contributed by atoms with van der Waals surface area (Å²) in [5.74, 6) is 0. The van der Waals surface area contributed by atoms with E-state index in [-0.39, 0.29) is 0 Å². The SMILES string of the molecule is CC(C)OC1CCN(CCCCCCCCCCCCC(C)(C)C)CC1. The van der Waals surface area contributed by atoms with Crippen LogP contribution in [0, 0.1) is 5.41 Å². The van der Waals surface area contributed by atoms with Crippen molar-refractivity contribution in [1.29, 1.82) is 0 Å². The van der Waals surface area contributed by atoms with Gasteiger partial charge in [-0.1, -0.05) is 78.6 Å². The third-order valence-corrected chi connectivity index (χ3v) is 5.65. The second-order valence-electron chi connectivity index (χ2n) is 10.1. The van der Waals surface area contributed by atoms with Crippen molar-refractivity contribution in [2.24, 2.45) is 5.41 Å². The van der Waals surface area contributed by atoms with E-state index in [1.165, 1.54) is 103 Å². The van der Waals surface area contributed by atoms with Crippen molar-refractivity contribution in [2.75, 3.05) is 19.6 Å². The Kier molecular flexibility index (Phi) is 12.9. The molecule has 0 saturated carbocycles. The smallest absolute Gasteiger partial charge is 0.0603 e. The lowest BCUT2D eigenvalue weighted by Crippen LogP contribution is -2.38. The van der Waals surface area contributed by atoms with E-state index < -0.39 is 0 Å². The van der Waals surface area contributed by atoms with E-state index in [1.54, 1.807) is 0 Å². The van der Waals surface area contributed by atoms with Crippen LogP contribution in [0.15, 0.2) is 0 Å². The van der Waals surface area contributed by atoms with E-state index in [2.05, 4.69) is 39.5 Å². The summed E-state index contributed by atoms with van der Waals surface area (Å²) in [6.45, 7) is 15.2. The average molecular weight is 368 g/mol. The molecule has 1 aliphatic heterocycles. The Bertz CT molecular complexity index is 313. The van der Waals surface area contributed by atoms with Gasteiger partial charge in [0.05, 0.1) is 12.2 Å². The minimum absolute atomic E-state index is 0.384. The van der Waals surface area contributed by atoms with Crippen molar-refractivity contribution in [3.63, 3.8) is 0 Å². The molecular weight excluding hydrogens is 318 g/mol. The summed E-state index contributed by atoms with van der Waals surface area (Å²) in [4.78, 5) is 2.65. The zero-order valence-electron chi connectivity index (χ0n) is 18.8. The van der Waals surface area contributed by atoms with Gasteiger partial charge >= 0.3 is 0 Å². The number of unbranched alkanes of at least 4 members (excludes halogenated alkanes) is 9. The number of hydrogen-bond donors (Lipinski definition) is 0. The maximum absolute atomic E-state index is 5.94. The van der Waals surface area contributed by atoms with Gasteiger partial charge in [0.25, 0.3) is 0 Å². The van der Waals surface area contributed by atoms with Gasteiger partial charge in [0, 0.05) is 13.1 Å². The molecule has 2 nitrogen and oxygen atoms in total. The molecule has 0 aliphatic carbocycles. The van der Waals surface area contributed by atoms with Crippen LogP contribution >= 0.6 is 0 Å². The highest BCUT2D eigenvalue weighted by Gasteiger charge is 2.19. The summed E-state index contributed by atoms with van der Waals surface area (Å²) >= 11 is 0. The summed E-state index contributed by atoms with van der Waals surface area (Å²) in [6, 6.07) is 0. The van der Waals surface area contributed by atoms with Crippen LogP contribution in [0.4, 0.5) is 0 Å². The lowest BCUT2D eigenvalue weighted by molar-refractivity contribution is -0.0268. The molecule has 2 heteroatoms. The van der Waals surface area contributed by atoms with Crippen LogP contribution in [0.3, 0.4) is 0 Å². The van der Waals surface area contributed by atoms with Gasteiger partial charge in [-0.05, 0) is 51.5 Å². The summed E-state index contributed by atoms with van der Waals surface area (Å²) in [6.07, 6.45) is 19.1. The second kappa shape index (κ2) is 14.0. The van der Waals surface area contributed by atoms with Crippen molar-refractivity contribution in [1.82, 2.24) is 4.90 Å². The second-order valence-corrected chi connectivity index (χ2v) is 10.1. The van der Waals surface area contributed by atoms with Crippen LogP contribution in [0.25, 0.3) is 0 Å². The normalized spacial score (nSPS) is 17.3.